The van der Waals surface area contributed by atoms with E-state index < -0.39 is 0 Å². The Kier molecular flexibility index (Phi) is 5.63. The summed E-state index contributed by atoms with van der Waals surface area (Å²) in [5.74, 6) is 0.817. The van der Waals surface area contributed by atoms with E-state index >= 15 is 0 Å². The molecule has 0 spiro atoms. The summed E-state index contributed by atoms with van der Waals surface area (Å²) < 4.78 is 1.99. The summed E-state index contributed by atoms with van der Waals surface area (Å²) in [6.07, 6.45) is 1.32. The predicted molar refractivity (Wildman–Crippen MR) is 77.2 cm³/mol. The first kappa shape index (κ1) is 15.5. The first-order chi connectivity index (χ1) is 8.11. The van der Waals surface area contributed by atoms with Gasteiger partial charge in [0.2, 0.25) is 0 Å². The van der Waals surface area contributed by atoms with Gasteiger partial charge in [-0.25, -0.2) is 0 Å². The van der Waals surface area contributed by atoms with Crippen molar-refractivity contribution in [1.29, 1.82) is 0 Å². The van der Waals surface area contributed by atoms with E-state index in [4.69, 9.17) is 0 Å². The van der Waals surface area contributed by atoms with Crippen LogP contribution in [0.25, 0.3) is 0 Å². The molecule has 2 rings (SSSR count). The SMILES string of the molecule is CNCC1CCN(Cc2c(C)nn(C)c2C)C1.Cl. The molecule has 0 bridgehead atoms. The molecule has 0 aromatic carbocycles. The van der Waals surface area contributed by atoms with E-state index in [2.05, 4.69) is 29.2 Å². The third kappa shape index (κ3) is 3.25. The molecule has 0 saturated carbocycles. The van der Waals surface area contributed by atoms with Crippen LogP contribution in [0.15, 0.2) is 0 Å². The van der Waals surface area contributed by atoms with Crippen molar-refractivity contribution in [3.05, 3.63) is 17.0 Å². The fourth-order valence-electron chi connectivity index (χ4n) is 2.78. The predicted octanol–water partition coefficient (Wildman–Crippen LogP) is 1.50. The normalized spacial score (nSPS) is 20.1. The summed E-state index contributed by atoms with van der Waals surface area (Å²) in [5.41, 5.74) is 3.90. The van der Waals surface area contributed by atoms with E-state index in [9.17, 15) is 0 Å². The molecule has 1 aliphatic heterocycles. The summed E-state index contributed by atoms with van der Waals surface area (Å²) in [5, 5.41) is 7.76. The Morgan fingerprint density at radius 1 is 1.39 bits per heavy atom. The van der Waals surface area contributed by atoms with Crippen LogP contribution in [-0.2, 0) is 13.6 Å². The Balaban J connectivity index is 0.00000162. The summed E-state index contributed by atoms with van der Waals surface area (Å²) in [4.78, 5) is 2.55. The van der Waals surface area contributed by atoms with Gasteiger partial charge in [0.1, 0.15) is 0 Å². The molecule has 104 valence electrons. The maximum atomic E-state index is 4.49. The van der Waals surface area contributed by atoms with E-state index in [1.807, 2.05) is 18.8 Å². The standard InChI is InChI=1S/C13H24N4.ClH/c1-10-13(11(2)16(4)15-10)9-17-6-5-12(8-17)7-14-3;/h12,14H,5-9H2,1-4H3;1H. The lowest BCUT2D eigenvalue weighted by Crippen LogP contribution is -2.24. The van der Waals surface area contributed by atoms with Crippen LogP contribution >= 0.6 is 12.4 Å². The van der Waals surface area contributed by atoms with Crippen molar-refractivity contribution < 1.29 is 0 Å². The number of aromatic nitrogens is 2. The van der Waals surface area contributed by atoms with Crippen LogP contribution in [0.4, 0.5) is 0 Å². The fraction of sp³-hybridized carbons (Fsp3) is 0.769. The van der Waals surface area contributed by atoms with Gasteiger partial charge in [0, 0.05) is 31.4 Å². The average molecular weight is 273 g/mol. The number of aryl methyl sites for hydroxylation is 2. The van der Waals surface area contributed by atoms with Crippen LogP contribution in [0.1, 0.15) is 23.4 Å². The molecule has 1 fully saturated rings. The Bertz CT molecular complexity index is 389. The zero-order valence-corrected chi connectivity index (χ0v) is 12.7. The third-order valence-electron chi connectivity index (χ3n) is 3.90. The molecule has 1 aliphatic rings. The maximum absolute atomic E-state index is 4.49. The minimum atomic E-state index is 0. The molecule has 1 N–H and O–H groups in total. The Hall–Kier alpha value is -0.580. The highest BCUT2D eigenvalue weighted by molar-refractivity contribution is 5.85. The monoisotopic (exact) mass is 272 g/mol. The number of hydrogen-bond donors (Lipinski definition) is 1. The van der Waals surface area contributed by atoms with Gasteiger partial charge in [-0.05, 0) is 46.3 Å². The number of nitrogens with zero attached hydrogens (tertiary/aromatic N) is 3. The molecule has 1 atom stereocenters. The van der Waals surface area contributed by atoms with Gasteiger partial charge < -0.3 is 5.32 Å². The lowest BCUT2D eigenvalue weighted by Gasteiger charge is -2.16. The second-order valence-electron chi connectivity index (χ2n) is 5.22. The van der Waals surface area contributed by atoms with Gasteiger partial charge in [-0.15, -0.1) is 12.4 Å². The van der Waals surface area contributed by atoms with Gasteiger partial charge in [0.25, 0.3) is 0 Å². The average Bonchev–Trinajstić information content (AvgIpc) is 2.81. The Morgan fingerprint density at radius 2 is 2.11 bits per heavy atom. The van der Waals surface area contributed by atoms with Crippen LogP contribution in [0.3, 0.4) is 0 Å². The molecule has 0 amide bonds. The van der Waals surface area contributed by atoms with Gasteiger partial charge in [-0.3, -0.25) is 9.58 Å². The van der Waals surface area contributed by atoms with Gasteiger partial charge >= 0.3 is 0 Å². The molecular weight excluding hydrogens is 248 g/mol. The molecule has 1 aromatic heterocycles. The Labute approximate surface area is 116 Å². The maximum Gasteiger partial charge on any atom is 0.0641 e. The van der Waals surface area contributed by atoms with Gasteiger partial charge in [-0.2, -0.15) is 5.10 Å². The van der Waals surface area contributed by atoms with E-state index in [0.29, 0.717) is 0 Å². The molecule has 0 radical (unpaired) electrons. The quantitative estimate of drug-likeness (QED) is 0.902. The van der Waals surface area contributed by atoms with E-state index in [1.165, 1.54) is 36.5 Å². The molecule has 1 saturated heterocycles. The first-order valence-corrected chi connectivity index (χ1v) is 6.47. The van der Waals surface area contributed by atoms with Crippen molar-refractivity contribution in [3.63, 3.8) is 0 Å². The summed E-state index contributed by atoms with van der Waals surface area (Å²) >= 11 is 0. The van der Waals surface area contributed by atoms with Crippen LogP contribution in [-0.4, -0.2) is 41.4 Å². The fourth-order valence-corrected chi connectivity index (χ4v) is 2.78. The zero-order valence-electron chi connectivity index (χ0n) is 11.9. The highest BCUT2D eigenvalue weighted by Crippen LogP contribution is 2.21. The van der Waals surface area contributed by atoms with Gasteiger partial charge in [-0.1, -0.05) is 0 Å². The summed E-state index contributed by atoms with van der Waals surface area (Å²) in [6.45, 7) is 8.92. The lowest BCUT2D eigenvalue weighted by molar-refractivity contribution is 0.314. The van der Waals surface area contributed by atoms with Crippen LogP contribution in [0.5, 0.6) is 0 Å². The molecule has 1 unspecified atom stereocenters. The van der Waals surface area contributed by atoms with E-state index in [0.717, 1.165) is 19.0 Å². The van der Waals surface area contributed by atoms with Crippen LogP contribution in [0, 0.1) is 19.8 Å². The number of halogens is 1. The molecule has 1 aromatic rings. The van der Waals surface area contributed by atoms with Gasteiger partial charge in [0.05, 0.1) is 5.69 Å². The van der Waals surface area contributed by atoms with Crippen molar-refractivity contribution >= 4 is 12.4 Å². The molecule has 2 heterocycles. The van der Waals surface area contributed by atoms with Crippen molar-refractivity contribution in [1.82, 2.24) is 20.0 Å². The smallest absolute Gasteiger partial charge is 0.0641 e. The van der Waals surface area contributed by atoms with Crippen LogP contribution in [0.2, 0.25) is 0 Å². The lowest BCUT2D eigenvalue weighted by atomic mass is 10.1. The third-order valence-corrected chi connectivity index (χ3v) is 3.90. The largest absolute Gasteiger partial charge is 0.319 e. The van der Waals surface area contributed by atoms with Crippen molar-refractivity contribution in [2.24, 2.45) is 13.0 Å². The highest BCUT2D eigenvalue weighted by Gasteiger charge is 2.23. The van der Waals surface area contributed by atoms with Crippen molar-refractivity contribution in [2.75, 3.05) is 26.7 Å². The first-order valence-electron chi connectivity index (χ1n) is 6.47. The molecular formula is C13H25ClN4. The van der Waals surface area contributed by atoms with E-state index in [-0.39, 0.29) is 12.4 Å². The second-order valence-corrected chi connectivity index (χ2v) is 5.22. The van der Waals surface area contributed by atoms with Crippen molar-refractivity contribution in [3.8, 4) is 0 Å². The number of likely N-dealkylation sites (tertiary alicyclic amines) is 1. The number of rotatable bonds is 4. The van der Waals surface area contributed by atoms with E-state index in [1.54, 1.807) is 0 Å². The Morgan fingerprint density at radius 3 is 2.67 bits per heavy atom. The van der Waals surface area contributed by atoms with Crippen LogP contribution < -0.4 is 5.32 Å². The molecule has 0 aliphatic carbocycles. The number of hydrogen-bond acceptors (Lipinski definition) is 3. The second kappa shape index (κ2) is 6.55. The summed E-state index contributed by atoms with van der Waals surface area (Å²) in [7, 11) is 4.07. The zero-order chi connectivity index (χ0) is 12.4. The minimum Gasteiger partial charge on any atom is -0.319 e. The molecule has 5 heteroatoms. The van der Waals surface area contributed by atoms with Gasteiger partial charge in [0.15, 0.2) is 0 Å². The topological polar surface area (TPSA) is 33.1 Å². The molecule has 18 heavy (non-hydrogen) atoms. The summed E-state index contributed by atoms with van der Waals surface area (Å²) in [6, 6.07) is 0. The molecule has 4 nitrogen and oxygen atoms in total. The highest BCUT2D eigenvalue weighted by atomic mass is 35.5. The number of nitrogens with one attached hydrogen (secondary N) is 1. The minimum absolute atomic E-state index is 0. The van der Waals surface area contributed by atoms with Crippen molar-refractivity contribution in [2.45, 2.75) is 26.8 Å².